The quantitative estimate of drug-likeness (QED) is 0.900. The van der Waals surface area contributed by atoms with E-state index in [2.05, 4.69) is 15.9 Å². The van der Waals surface area contributed by atoms with E-state index in [-0.39, 0.29) is 23.7 Å². The summed E-state index contributed by atoms with van der Waals surface area (Å²) < 4.78 is 19.0. The van der Waals surface area contributed by atoms with Crippen molar-refractivity contribution in [1.82, 2.24) is 0 Å². The fourth-order valence-corrected chi connectivity index (χ4v) is 2.57. The molecule has 2 N–H and O–H groups in total. The van der Waals surface area contributed by atoms with Crippen molar-refractivity contribution in [3.63, 3.8) is 0 Å². The highest BCUT2D eigenvalue weighted by atomic mass is 79.9. The molecule has 16 heavy (non-hydrogen) atoms. The number of phenolic OH excluding ortho intramolecular Hbond substituents is 1. The lowest BCUT2D eigenvalue weighted by Crippen LogP contribution is -2.24. The predicted octanol–water partition coefficient (Wildman–Crippen LogP) is 2.57. The number of aromatic hydroxyl groups is 1. The molecule has 0 saturated heterocycles. The average molecular weight is 293 g/mol. The summed E-state index contributed by atoms with van der Waals surface area (Å²) in [7, 11) is 1.38. The minimum atomic E-state index is -0.760. The zero-order valence-corrected chi connectivity index (χ0v) is 10.9. The number of hydrogen-bond acceptors (Lipinski definition) is 3. The number of hydrogen-bond donors (Lipinski definition) is 2. The van der Waals surface area contributed by atoms with Gasteiger partial charge in [0.15, 0.2) is 11.5 Å². The van der Waals surface area contributed by atoms with Gasteiger partial charge in [-0.1, -0.05) is 13.8 Å². The van der Waals surface area contributed by atoms with Crippen LogP contribution in [0.2, 0.25) is 0 Å². The van der Waals surface area contributed by atoms with Crippen molar-refractivity contribution in [2.24, 2.45) is 0 Å². The van der Waals surface area contributed by atoms with Crippen molar-refractivity contribution in [2.45, 2.75) is 19.3 Å². The van der Waals surface area contributed by atoms with Gasteiger partial charge in [-0.15, -0.1) is 0 Å². The number of methoxy groups -OCH3 is 1. The monoisotopic (exact) mass is 292 g/mol. The number of aliphatic hydroxyl groups excluding tert-OH is 1. The van der Waals surface area contributed by atoms with Gasteiger partial charge in [-0.3, -0.25) is 0 Å². The van der Waals surface area contributed by atoms with E-state index in [9.17, 15) is 14.6 Å². The SMILES string of the molecule is COc1c(O)cc(F)c(C(C)(C)CO)c1Br. The van der Waals surface area contributed by atoms with Gasteiger partial charge in [-0.25, -0.2) is 4.39 Å². The highest BCUT2D eigenvalue weighted by molar-refractivity contribution is 9.10. The molecule has 0 bridgehead atoms. The maximum Gasteiger partial charge on any atom is 0.175 e. The van der Waals surface area contributed by atoms with Crippen molar-refractivity contribution in [3.8, 4) is 11.5 Å². The molecule has 0 aliphatic carbocycles. The molecule has 3 nitrogen and oxygen atoms in total. The Hall–Kier alpha value is -0.810. The third-order valence-electron chi connectivity index (χ3n) is 2.43. The zero-order chi connectivity index (χ0) is 12.5. The number of benzene rings is 1. The molecule has 0 fully saturated rings. The molecule has 0 radical (unpaired) electrons. The topological polar surface area (TPSA) is 49.7 Å². The third-order valence-corrected chi connectivity index (χ3v) is 3.19. The molecule has 0 aliphatic rings. The molecule has 1 aromatic rings. The first kappa shape index (κ1) is 13.3. The Labute approximate surface area is 102 Å². The maximum atomic E-state index is 13.8. The fourth-order valence-electron chi connectivity index (χ4n) is 1.48. The van der Waals surface area contributed by atoms with Crippen LogP contribution < -0.4 is 4.74 Å². The molecule has 0 aromatic heterocycles. The molecular formula is C11H14BrFO3. The van der Waals surface area contributed by atoms with Crippen LogP contribution in [0.4, 0.5) is 4.39 Å². The van der Waals surface area contributed by atoms with Crippen molar-refractivity contribution in [3.05, 3.63) is 21.9 Å². The van der Waals surface area contributed by atoms with E-state index in [0.717, 1.165) is 6.07 Å². The number of phenols is 1. The standard InChI is InChI=1S/C11H14BrFO3/c1-11(2,5-14)8-6(13)4-7(15)10(16-3)9(8)12/h4,14-15H,5H2,1-3H3. The lowest BCUT2D eigenvalue weighted by molar-refractivity contribution is 0.213. The molecule has 1 rings (SSSR count). The molecule has 1 aromatic carbocycles. The van der Waals surface area contributed by atoms with Crippen molar-refractivity contribution >= 4 is 15.9 Å². The summed E-state index contributed by atoms with van der Waals surface area (Å²) in [6.45, 7) is 3.19. The molecule has 0 unspecified atom stereocenters. The fraction of sp³-hybridized carbons (Fsp3) is 0.455. The Morgan fingerprint density at radius 2 is 2.06 bits per heavy atom. The first-order valence-electron chi connectivity index (χ1n) is 4.71. The molecule has 5 heteroatoms. The van der Waals surface area contributed by atoms with E-state index in [1.165, 1.54) is 7.11 Å². The second kappa shape index (κ2) is 4.59. The van der Waals surface area contributed by atoms with E-state index in [4.69, 9.17) is 4.74 Å². The zero-order valence-electron chi connectivity index (χ0n) is 9.34. The number of halogens is 2. The minimum absolute atomic E-state index is 0.165. The van der Waals surface area contributed by atoms with Crippen LogP contribution in [0.3, 0.4) is 0 Å². The first-order valence-corrected chi connectivity index (χ1v) is 5.50. The Balaban J connectivity index is 3.51. The first-order chi connectivity index (χ1) is 7.35. The van der Waals surface area contributed by atoms with Crippen molar-refractivity contribution in [2.75, 3.05) is 13.7 Å². The van der Waals surface area contributed by atoms with Crippen LogP contribution in [0.25, 0.3) is 0 Å². The third kappa shape index (κ3) is 2.15. The molecule has 0 amide bonds. The van der Waals surface area contributed by atoms with Crippen LogP contribution >= 0.6 is 15.9 Å². The van der Waals surface area contributed by atoms with Gasteiger partial charge in [0.2, 0.25) is 0 Å². The Morgan fingerprint density at radius 1 is 1.50 bits per heavy atom. The largest absolute Gasteiger partial charge is 0.504 e. The number of aliphatic hydroxyl groups is 1. The van der Waals surface area contributed by atoms with Crippen LogP contribution in [0.15, 0.2) is 10.5 Å². The summed E-state index contributed by atoms with van der Waals surface area (Å²) in [6, 6.07) is 0.982. The molecule has 0 heterocycles. The van der Waals surface area contributed by atoms with Crippen LogP contribution in [-0.2, 0) is 5.41 Å². The molecule has 0 saturated carbocycles. The van der Waals surface area contributed by atoms with Crippen LogP contribution in [-0.4, -0.2) is 23.9 Å². The van der Waals surface area contributed by atoms with E-state index in [1.54, 1.807) is 13.8 Å². The summed E-state index contributed by atoms with van der Waals surface area (Å²) in [4.78, 5) is 0. The van der Waals surface area contributed by atoms with Crippen molar-refractivity contribution in [1.29, 1.82) is 0 Å². The van der Waals surface area contributed by atoms with Gasteiger partial charge in [-0.2, -0.15) is 0 Å². The maximum absolute atomic E-state index is 13.8. The Kier molecular flexibility index (Phi) is 3.80. The molecule has 90 valence electrons. The Bertz CT molecular complexity index is 405. The molecular weight excluding hydrogens is 279 g/mol. The average Bonchev–Trinajstić information content (AvgIpc) is 2.17. The van der Waals surface area contributed by atoms with Crippen molar-refractivity contribution < 1.29 is 19.3 Å². The highest BCUT2D eigenvalue weighted by Gasteiger charge is 2.29. The van der Waals surface area contributed by atoms with Gasteiger partial charge >= 0.3 is 0 Å². The Morgan fingerprint density at radius 3 is 2.50 bits per heavy atom. The summed E-state index contributed by atoms with van der Waals surface area (Å²) >= 11 is 3.18. The van der Waals surface area contributed by atoms with E-state index >= 15 is 0 Å². The number of rotatable bonds is 3. The predicted molar refractivity (Wildman–Crippen MR) is 62.4 cm³/mol. The van der Waals surface area contributed by atoms with Gasteiger partial charge in [0.05, 0.1) is 18.2 Å². The second-order valence-electron chi connectivity index (χ2n) is 4.14. The summed E-state index contributed by atoms with van der Waals surface area (Å²) in [5, 5.41) is 18.7. The van der Waals surface area contributed by atoms with E-state index in [0.29, 0.717) is 4.47 Å². The normalized spacial score (nSPS) is 11.6. The van der Waals surface area contributed by atoms with Crippen LogP contribution in [0.5, 0.6) is 11.5 Å². The van der Waals surface area contributed by atoms with Gasteiger partial charge in [-0.05, 0) is 15.9 Å². The lowest BCUT2D eigenvalue weighted by atomic mass is 9.85. The molecule has 0 aliphatic heterocycles. The van der Waals surface area contributed by atoms with E-state index in [1.807, 2.05) is 0 Å². The summed E-state index contributed by atoms with van der Waals surface area (Å²) in [6.07, 6.45) is 0. The second-order valence-corrected chi connectivity index (χ2v) is 4.93. The summed E-state index contributed by atoms with van der Waals surface area (Å²) in [5.41, 5.74) is -0.478. The molecule has 0 atom stereocenters. The van der Waals surface area contributed by atoms with Gasteiger partial charge < -0.3 is 14.9 Å². The van der Waals surface area contributed by atoms with Gasteiger partial charge in [0, 0.05) is 17.0 Å². The molecule has 0 spiro atoms. The van der Waals surface area contributed by atoms with Crippen LogP contribution in [0.1, 0.15) is 19.4 Å². The smallest absolute Gasteiger partial charge is 0.175 e. The van der Waals surface area contributed by atoms with Gasteiger partial charge in [0.1, 0.15) is 5.82 Å². The number of ether oxygens (including phenoxy) is 1. The van der Waals surface area contributed by atoms with Gasteiger partial charge in [0.25, 0.3) is 0 Å². The highest BCUT2D eigenvalue weighted by Crippen LogP contribution is 2.43. The summed E-state index contributed by atoms with van der Waals surface area (Å²) in [5.74, 6) is -0.688. The van der Waals surface area contributed by atoms with Crippen LogP contribution in [0, 0.1) is 5.82 Å². The minimum Gasteiger partial charge on any atom is -0.504 e. The lowest BCUT2D eigenvalue weighted by Gasteiger charge is -2.25. The van der Waals surface area contributed by atoms with E-state index < -0.39 is 11.2 Å².